The van der Waals surface area contributed by atoms with Gasteiger partial charge < -0.3 is 5.11 Å². The van der Waals surface area contributed by atoms with Gasteiger partial charge in [0.25, 0.3) is 0 Å². The van der Waals surface area contributed by atoms with Crippen molar-refractivity contribution >= 4 is 5.97 Å². The van der Waals surface area contributed by atoms with Crippen LogP contribution in [0.2, 0.25) is 0 Å². The summed E-state index contributed by atoms with van der Waals surface area (Å²) in [6, 6.07) is 0.297. The minimum atomic E-state index is -0.780. The predicted octanol–water partition coefficient (Wildman–Crippen LogP) is 2.61. The number of likely N-dealkylation sites (N-methyl/N-ethyl adjacent to an activating group) is 1. The van der Waals surface area contributed by atoms with E-state index in [4.69, 9.17) is 0 Å². The smallest absolute Gasteiger partial charge is 0.323 e. The molecule has 2 atom stereocenters. The van der Waals surface area contributed by atoms with Crippen LogP contribution in [0.5, 0.6) is 0 Å². The molecule has 0 spiro atoms. The van der Waals surface area contributed by atoms with Gasteiger partial charge in [0.1, 0.15) is 5.54 Å². The molecule has 0 aliphatic rings. The van der Waals surface area contributed by atoms with Crippen LogP contribution in [-0.2, 0) is 4.79 Å². The highest BCUT2D eigenvalue weighted by atomic mass is 16.4. The topological polar surface area (TPSA) is 40.5 Å². The predicted molar refractivity (Wildman–Crippen MR) is 63.0 cm³/mol. The lowest BCUT2D eigenvalue weighted by Gasteiger charge is -2.41. The lowest BCUT2D eigenvalue weighted by Crippen LogP contribution is -2.55. The van der Waals surface area contributed by atoms with Gasteiger partial charge in [-0.05, 0) is 33.2 Å². The second-order valence-electron chi connectivity index (χ2n) is 4.78. The second-order valence-corrected chi connectivity index (χ2v) is 4.78. The third-order valence-electron chi connectivity index (χ3n) is 3.54. The fourth-order valence-corrected chi connectivity index (χ4v) is 1.96. The van der Waals surface area contributed by atoms with E-state index in [0.29, 0.717) is 12.0 Å². The Morgan fingerprint density at radius 3 is 2.07 bits per heavy atom. The maximum absolute atomic E-state index is 11.2. The van der Waals surface area contributed by atoms with E-state index in [2.05, 4.69) is 25.7 Å². The summed E-state index contributed by atoms with van der Waals surface area (Å²) >= 11 is 0. The molecule has 0 fully saturated rings. The number of carboxylic acid groups (broad SMARTS) is 1. The van der Waals surface area contributed by atoms with E-state index < -0.39 is 11.5 Å². The van der Waals surface area contributed by atoms with Crippen molar-refractivity contribution in [2.24, 2.45) is 5.92 Å². The number of aliphatic carboxylic acids is 1. The van der Waals surface area contributed by atoms with Crippen molar-refractivity contribution in [3.05, 3.63) is 0 Å². The summed E-state index contributed by atoms with van der Waals surface area (Å²) in [4.78, 5) is 13.3. The SMILES string of the molecule is CCC(C)C(C)N(CC)C(C)(C)C(=O)O. The lowest BCUT2D eigenvalue weighted by molar-refractivity contribution is -0.151. The lowest BCUT2D eigenvalue weighted by atomic mass is 9.93. The Kier molecular flexibility index (Phi) is 5.29. The first-order chi connectivity index (χ1) is 6.78. The molecule has 0 aromatic heterocycles. The Morgan fingerprint density at radius 1 is 1.33 bits per heavy atom. The molecule has 90 valence electrons. The largest absolute Gasteiger partial charge is 0.480 e. The van der Waals surface area contributed by atoms with E-state index >= 15 is 0 Å². The molecule has 3 nitrogen and oxygen atoms in total. The van der Waals surface area contributed by atoms with E-state index in [1.54, 1.807) is 13.8 Å². The fraction of sp³-hybridized carbons (Fsp3) is 0.917. The number of rotatable bonds is 6. The second kappa shape index (κ2) is 5.50. The fourth-order valence-electron chi connectivity index (χ4n) is 1.96. The zero-order valence-corrected chi connectivity index (χ0v) is 10.9. The average Bonchev–Trinajstić information content (AvgIpc) is 2.16. The zero-order chi connectivity index (χ0) is 12.2. The van der Waals surface area contributed by atoms with Gasteiger partial charge >= 0.3 is 5.97 Å². The summed E-state index contributed by atoms with van der Waals surface area (Å²) in [6.07, 6.45) is 1.08. The molecule has 0 saturated heterocycles. The molecule has 0 saturated carbocycles. The van der Waals surface area contributed by atoms with Gasteiger partial charge in [0, 0.05) is 6.04 Å². The van der Waals surface area contributed by atoms with Gasteiger partial charge in [0.15, 0.2) is 0 Å². The molecular formula is C12H25NO2. The van der Waals surface area contributed by atoms with Crippen molar-refractivity contribution in [1.82, 2.24) is 4.90 Å². The van der Waals surface area contributed by atoms with Crippen molar-refractivity contribution in [1.29, 1.82) is 0 Å². The molecule has 0 rings (SSSR count). The van der Waals surface area contributed by atoms with Crippen molar-refractivity contribution in [3.63, 3.8) is 0 Å². The first-order valence-corrected chi connectivity index (χ1v) is 5.79. The van der Waals surface area contributed by atoms with Crippen LogP contribution in [-0.4, -0.2) is 34.1 Å². The number of carboxylic acids is 1. The van der Waals surface area contributed by atoms with Crippen LogP contribution in [0, 0.1) is 5.92 Å². The third-order valence-corrected chi connectivity index (χ3v) is 3.54. The number of hydrogen-bond acceptors (Lipinski definition) is 2. The summed E-state index contributed by atoms with van der Waals surface area (Å²) in [7, 11) is 0. The Morgan fingerprint density at radius 2 is 1.80 bits per heavy atom. The summed E-state index contributed by atoms with van der Waals surface area (Å²) in [5.74, 6) is -0.233. The molecule has 2 unspecified atom stereocenters. The van der Waals surface area contributed by atoms with E-state index in [0.717, 1.165) is 13.0 Å². The molecule has 0 bridgehead atoms. The van der Waals surface area contributed by atoms with Crippen LogP contribution < -0.4 is 0 Å². The van der Waals surface area contributed by atoms with Crippen LogP contribution in [0.15, 0.2) is 0 Å². The Bertz CT molecular complexity index is 214. The monoisotopic (exact) mass is 215 g/mol. The van der Waals surface area contributed by atoms with Crippen molar-refractivity contribution < 1.29 is 9.90 Å². The molecule has 3 heteroatoms. The highest BCUT2D eigenvalue weighted by Gasteiger charge is 2.37. The van der Waals surface area contributed by atoms with Crippen LogP contribution in [0.4, 0.5) is 0 Å². The van der Waals surface area contributed by atoms with Crippen molar-refractivity contribution in [2.75, 3.05) is 6.54 Å². The Hall–Kier alpha value is -0.570. The number of hydrogen-bond donors (Lipinski definition) is 1. The van der Waals surface area contributed by atoms with Crippen molar-refractivity contribution in [2.45, 2.75) is 59.5 Å². The van der Waals surface area contributed by atoms with E-state index in [1.807, 2.05) is 6.92 Å². The quantitative estimate of drug-likeness (QED) is 0.740. The highest BCUT2D eigenvalue weighted by Crippen LogP contribution is 2.23. The molecule has 0 amide bonds. The average molecular weight is 215 g/mol. The van der Waals surface area contributed by atoms with E-state index in [-0.39, 0.29) is 0 Å². The summed E-state index contributed by atoms with van der Waals surface area (Å²) in [5, 5.41) is 9.20. The number of carbonyl (C=O) groups is 1. The minimum Gasteiger partial charge on any atom is -0.480 e. The molecule has 0 aromatic rings. The first-order valence-electron chi connectivity index (χ1n) is 5.79. The normalized spacial score (nSPS) is 16.5. The highest BCUT2D eigenvalue weighted by molar-refractivity contribution is 5.77. The minimum absolute atomic E-state index is 0.297. The summed E-state index contributed by atoms with van der Waals surface area (Å²) in [5.41, 5.74) is -0.780. The van der Waals surface area contributed by atoms with Gasteiger partial charge in [-0.3, -0.25) is 9.69 Å². The number of nitrogens with zero attached hydrogens (tertiary/aromatic N) is 1. The molecule has 0 radical (unpaired) electrons. The van der Waals surface area contributed by atoms with Gasteiger partial charge in [-0.2, -0.15) is 0 Å². The van der Waals surface area contributed by atoms with E-state index in [9.17, 15) is 9.90 Å². The van der Waals surface area contributed by atoms with Gasteiger partial charge in [-0.25, -0.2) is 0 Å². The van der Waals surface area contributed by atoms with Crippen LogP contribution >= 0.6 is 0 Å². The van der Waals surface area contributed by atoms with Gasteiger partial charge in [-0.15, -0.1) is 0 Å². The van der Waals surface area contributed by atoms with Gasteiger partial charge in [-0.1, -0.05) is 27.2 Å². The molecule has 1 N–H and O–H groups in total. The summed E-state index contributed by atoms with van der Waals surface area (Å²) in [6.45, 7) is 12.8. The van der Waals surface area contributed by atoms with Crippen LogP contribution in [0.3, 0.4) is 0 Å². The van der Waals surface area contributed by atoms with Crippen LogP contribution in [0.25, 0.3) is 0 Å². The molecule has 0 aliphatic heterocycles. The third kappa shape index (κ3) is 3.20. The maximum atomic E-state index is 11.2. The Balaban J connectivity index is 4.82. The van der Waals surface area contributed by atoms with Crippen molar-refractivity contribution in [3.8, 4) is 0 Å². The van der Waals surface area contributed by atoms with Gasteiger partial charge in [0.2, 0.25) is 0 Å². The molecular weight excluding hydrogens is 190 g/mol. The van der Waals surface area contributed by atoms with Crippen LogP contribution in [0.1, 0.15) is 48.0 Å². The first kappa shape index (κ1) is 14.4. The van der Waals surface area contributed by atoms with Gasteiger partial charge in [0.05, 0.1) is 0 Å². The van der Waals surface area contributed by atoms with E-state index in [1.165, 1.54) is 0 Å². The summed E-state index contributed by atoms with van der Waals surface area (Å²) < 4.78 is 0. The maximum Gasteiger partial charge on any atom is 0.323 e. The molecule has 15 heavy (non-hydrogen) atoms. The molecule has 0 aromatic carbocycles. The molecule has 0 aliphatic carbocycles. The molecule has 0 heterocycles. The standard InChI is InChI=1S/C12H25NO2/c1-7-9(3)10(4)13(8-2)12(5,6)11(14)15/h9-10H,7-8H2,1-6H3,(H,14,15). The Labute approximate surface area is 93.5 Å². The zero-order valence-electron chi connectivity index (χ0n) is 10.9.